The molecule has 0 fully saturated rings. The molecule has 0 aromatic heterocycles. The fourth-order valence-corrected chi connectivity index (χ4v) is 3.36. The lowest BCUT2D eigenvalue weighted by atomic mass is 10.1. The van der Waals surface area contributed by atoms with Crippen molar-refractivity contribution in [1.82, 2.24) is 0 Å². The van der Waals surface area contributed by atoms with Gasteiger partial charge in [-0.15, -0.1) is 0 Å². The molecule has 0 radical (unpaired) electrons. The minimum absolute atomic E-state index is 0.509. The molecule has 33 heavy (non-hydrogen) atoms. The van der Waals surface area contributed by atoms with E-state index in [1.165, 1.54) is 5.56 Å². The molecule has 168 valence electrons. The first-order chi connectivity index (χ1) is 16.2. The summed E-state index contributed by atoms with van der Waals surface area (Å²) in [6.07, 6.45) is 0. The van der Waals surface area contributed by atoms with Crippen molar-refractivity contribution < 1.29 is 14.2 Å². The van der Waals surface area contributed by atoms with Crippen LogP contribution in [0.4, 0.5) is 5.69 Å². The fraction of sp³-hybridized carbons (Fsp3) is 0.172. The molecule has 0 aliphatic rings. The number of anilines is 1. The van der Waals surface area contributed by atoms with Crippen LogP contribution in [0, 0.1) is 6.92 Å². The van der Waals surface area contributed by atoms with Gasteiger partial charge in [-0.25, -0.2) is 0 Å². The van der Waals surface area contributed by atoms with Crippen LogP contribution >= 0.6 is 0 Å². The van der Waals surface area contributed by atoms with Gasteiger partial charge in [0, 0.05) is 12.2 Å². The summed E-state index contributed by atoms with van der Waals surface area (Å²) in [5, 5.41) is 3.45. The van der Waals surface area contributed by atoms with Crippen molar-refractivity contribution in [3.8, 4) is 23.0 Å². The lowest BCUT2D eigenvalue weighted by molar-refractivity contribution is 0.269. The molecule has 4 rings (SSSR count). The van der Waals surface area contributed by atoms with Crippen LogP contribution in [0.5, 0.6) is 23.0 Å². The number of hydrogen-bond acceptors (Lipinski definition) is 4. The largest absolute Gasteiger partial charge is 0.490 e. The lowest BCUT2D eigenvalue weighted by Gasteiger charge is -2.14. The summed E-state index contributed by atoms with van der Waals surface area (Å²) in [5.74, 6) is 3.14. The molecule has 0 heterocycles. The van der Waals surface area contributed by atoms with E-state index < -0.39 is 0 Å². The van der Waals surface area contributed by atoms with Crippen LogP contribution in [-0.4, -0.2) is 6.61 Å². The van der Waals surface area contributed by atoms with Crippen LogP contribution in [0.1, 0.15) is 23.6 Å². The molecular weight excluding hydrogens is 410 g/mol. The molecule has 4 aromatic rings. The van der Waals surface area contributed by atoms with Crippen LogP contribution in [0.25, 0.3) is 0 Å². The van der Waals surface area contributed by atoms with Crippen molar-refractivity contribution in [3.05, 3.63) is 114 Å². The number of hydrogen-bond donors (Lipinski definition) is 1. The molecule has 4 nitrogen and oxygen atoms in total. The number of rotatable bonds is 10. The van der Waals surface area contributed by atoms with E-state index in [-0.39, 0.29) is 0 Å². The van der Waals surface area contributed by atoms with Crippen LogP contribution in [0.3, 0.4) is 0 Å². The van der Waals surface area contributed by atoms with Gasteiger partial charge in [0.25, 0.3) is 0 Å². The Balaban J connectivity index is 1.35. The number of benzene rings is 4. The summed E-state index contributed by atoms with van der Waals surface area (Å²) < 4.78 is 17.7. The Morgan fingerprint density at radius 3 is 2.09 bits per heavy atom. The third kappa shape index (κ3) is 6.53. The molecular formula is C29H29NO3. The minimum atomic E-state index is 0.509. The molecule has 0 spiro atoms. The van der Waals surface area contributed by atoms with Gasteiger partial charge in [-0.3, -0.25) is 0 Å². The van der Waals surface area contributed by atoms with Gasteiger partial charge in [-0.2, -0.15) is 0 Å². The molecule has 0 saturated heterocycles. The monoisotopic (exact) mass is 439 g/mol. The predicted octanol–water partition coefficient (Wildman–Crippen LogP) is 7.38. The van der Waals surface area contributed by atoms with Crippen LogP contribution in [-0.2, 0) is 13.2 Å². The molecule has 0 unspecified atom stereocenters. The van der Waals surface area contributed by atoms with Crippen molar-refractivity contribution in [2.24, 2.45) is 0 Å². The minimum Gasteiger partial charge on any atom is -0.490 e. The Hall–Kier alpha value is -3.92. The average Bonchev–Trinajstić information content (AvgIpc) is 2.85. The van der Waals surface area contributed by atoms with E-state index >= 15 is 0 Å². The summed E-state index contributed by atoms with van der Waals surface area (Å²) in [6.45, 7) is 5.83. The Labute approximate surface area is 195 Å². The normalized spacial score (nSPS) is 10.5. The Bertz CT molecular complexity index is 1140. The second-order valence-corrected chi connectivity index (χ2v) is 7.78. The molecule has 0 aliphatic carbocycles. The molecule has 1 N–H and O–H groups in total. The highest BCUT2D eigenvalue weighted by atomic mass is 16.5. The van der Waals surface area contributed by atoms with Crippen molar-refractivity contribution in [1.29, 1.82) is 0 Å². The predicted molar refractivity (Wildman–Crippen MR) is 133 cm³/mol. The maximum absolute atomic E-state index is 6.04. The number of ether oxygens (including phenoxy) is 3. The summed E-state index contributed by atoms with van der Waals surface area (Å²) in [7, 11) is 0. The van der Waals surface area contributed by atoms with E-state index in [0.717, 1.165) is 39.8 Å². The van der Waals surface area contributed by atoms with E-state index in [2.05, 4.69) is 42.6 Å². The molecule has 0 atom stereocenters. The van der Waals surface area contributed by atoms with Crippen molar-refractivity contribution in [3.63, 3.8) is 0 Å². The Morgan fingerprint density at radius 1 is 0.667 bits per heavy atom. The highest BCUT2D eigenvalue weighted by Crippen LogP contribution is 2.30. The standard InChI is InChI=1S/C29H29NO3/c1-3-31-29-19-24(13-18-28(29)32-21-23-11-9-22(2)10-12-23)20-30-25-14-16-27(17-15-25)33-26-7-5-4-6-8-26/h4-19,30H,3,20-21H2,1-2H3. The van der Waals surface area contributed by atoms with Crippen LogP contribution in [0.2, 0.25) is 0 Å². The van der Waals surface area contributed by atoms with Gasteiger partial charge >= 0.3 is 0 Å². The van der Waals surface area contributed by atoms with Gasteiger partial charge in [0.2, 0.25) is 0 Å². The highest BCUT2D eigenvalue weighted by molar-refractivity contribution is 5.49. The molecule has 0 amide bonds. The fourth-order valence-electron chi connectivity index (χ4n) is 3.36. The smallest absolute Gasteiger partial charge is 0.161 e. The third-order valence-corrected chi connectivity index (χ3v) is 5.15. The topological polar surface area (TPSA) is 39.7 Å². The zero-order chi connectivity index (χ0) is 22.9. The van der Waals surface area contributed by atoms with Crippen molar-refractivity contribution >= 4 is 5.69 Å². The van der Waals surface area contributed by atoms with Gasteiger partial charge in [0.1, 0.15) is 18.1 Å². The van der Waals surface area contributed by atoms with Crippen LogP contribution < -0.4 is 19.5 Å². The van der Waals surface area contributed by atoms with Gasteiger partial charge in [0.15, 0.2) is 11.5 Å². The maximum Gasteiger partial charge on any atom is 0.161 e. The molecule has 4 heteroatoms. The van der Waals surface area contributed by atoms with E-state index in [0.29, 0.717) is 19.8 Å². The van der Waals surface area contributed by atoms with Crippen LogP contribution in [0.15, 0.2) is 97.1 Å². The quantitative estimate of drug-likeness (QED) is 0.280. The Kier molecular flexibility index (Phi) is 7.49. The Morgan fingerprint density at radius 2 is 1.36 bits per heavy atom. The molecule has 0 bridgehead atoms. The van der Waals surface area contributed by atoms with Gasteiger partial charge < -0.3 is 19.5 Å². The van der Waals surface area contributed by atoms with Gasteiger partial charge in [-0.05, 0) is 73.5 Å². The van der Waals surface area contributed by atoms with Gasteiger partial charge in [0.05, 0.1) is 6.61 Å². The van der Waals surface area contributed by atoms with Gasteiger partial charge in [-0.1, -0.05) is 54.1 Å². The highest BCUT2D eigenvalue weighted by Gasteiger charge is 2.08. The zero-order valence-electron chi connectivity index (χ0n) is 19.1. The first kappa shape index (κ1) is 22.3. The average molecular weight is 440 g/mol. The second kappa shape index (κ2) is 11.1. The number of nitrogens with one attached hydrogen (secondary N) is 1. The summed E-state index contributed by atoms with van der Waals surface area (Å²) in [5.41, 5.74) is 4.51. The zero-order valence-corrected chi connectivity index (χ0v) is 19.1. The first-order valence-corrected chi connectivity index (χ1v) is 11.2. The van der Waals surface area contributed by atoms with E-state index in [9.17, 15) is 0 Å². The van der Waals surface area contributed by atoms with E-state index in [4.69, 9.17) is 14.2 Å². The summed E-state index contributed by atoms with van der Waals surface area (Å²) in [4.78, 5) is 0. The molecule has 0 aliphatic heterocycles. The van der Waals surface area contributed by atoms with Crippen molar-refractivity contribution in [2.75, 3.05) is 11.9 Å². The SMILES string of the molecule is CCOc1cc(CNc2ccc(Oc3ccccc3)cc2)ccc1OCc1ccc(C)cc1. The molecule has 4 aromatic carbocycles. The third-order valence-electron chi connectivity index (χ3n) is 5.15. The van der Waals surface area contributed by atoms with E-state index in [1.54, 1.807) is 0 Å². The molecule has 0 saturated carbocycles. The summed E-state index contributed by atoms with van der Waals surface area (Å²) >= 11 is 0. The van der Waals surface area contributed by atoms with E-state index in [1.807, 2.05) is 73.7 Å². The number of para-hydroxylation sites is 1. The maximum atomic E-state index is 6.04. The summed E-state index contributed by atoms with van der Waals surface area (Å²) in [6, 6.07) is 32.2. The first-order valence-electron chi connectivity index (χ1n) is 11.2. The van der Waals surface area contributed by atoms with Crippen molar-refractivity contribution in [2.45, 2.75) is 27.0 Å². The lowest BCUT2D eigenvalue weighted by Crippen LogP contribution is -2.03. The number of aryl methyl sites for hydroxylation is 1. The second-order valence-electron chi connectivity index (χ2n) is 7.78.